The van der Waals surface area contributed by atoms with Crippen LogP contribution in [0.25, 0.3) is 0 Å². The summed E-state index contributed by atoms with van der Waals surface area (Å²) in [6, 6.07) is 8.74. The summed E-state index contributed by atoms with van der Waals surface area (Å²) < 4.78 is 5.57. The van der Waals surface area contributed by atoms with E-state index < -0.39 is 0 Å². The number of aryl methyl sites for hydroxylation is 1. The molecule has 1 aromatic rings. The van der Waals surface area contributed by atoms with Crippen LogP contribution in [0, 0.1) is 12.8 Å². The summed E-state index contributed by atoms with van der Waals surface area (Å²) in [5, 5.41) is 3.43. The number of nitrogens with zero attached hydrogens (tertiary/aromatic N) is 2. The Balaban J connectivity index is 0.00000288. The average Bonchev–Trinajstić information content (AvgIpc) is 3.03. The Kier molecular flexibility index (Phi) is 10.3. The Bertz CT molecular complexity index is 490. The van der Waals surface area contributed by atoms with Gasteiger partial charge in [0.2, 0.25) is 0 Å². The maximum atomic E-state index is 5.57. The summed E-state index contributed by atoms with van der Waals surface area (Å²) >= 11 is 0. The van der Waals surface area contributed by atoms with Gasteiger partial charge in [0.05, 0.1) is 6.61 Å². The maximum absolute atomic E-state index is 5.57. The van der Waals surface area contributed by atoms with E-state index in [4.69, 9.17) is 9.73 Å². The van der Waals surface area contributed by atoms with Gasteiger partial charge in [-0.25, -0.2) is 0 Å². The van der Waals surface area contributed by atoms with Crippen molar-refractivity contribution in [3.05, 3.63) is 35.4 Å². The van der Waals surface area contributed by atoms with Crippen LogP contribution in [0.5, 0.6) is 0 Å². The minimum absolute atomic E-state index is 0. The van der Waals surface area contributed by atoms with Crippen molar-refractivity contribution in [3.8, 4) is 0 Å². The van der Waals surface area contributed by atoms with Gasteiger partial charge in [0.25, 0.3) is 0 Å². The van der Waals surface area contributed by atoms with E-state index in [9.17, 15) is 0 Å². The molecule has 1 aliphatic heterocycles. The summed E-state index contributed by atoms with van der Waals surface area (Å²) in [6.45, 7) is 11.9. The van der Waals surface area contributed by atoms with Crippen molar-refractivity contribution in [2.75, 3.05) is 39.4 Å². The lowest BCUT2D eigenvalue weighted by Gasteiger charge is -2.21. The minimum atomic E-state index is 0. The fourth-order valence-corrected chi connectivity index (χ4v) is 2.92. The first-order valence-corrected chi connectivity index (χ1v) is 8.89. The zero-order chi connectivity index (χ0) is 16.5. The van der Waals surface area contributed by atoms with Crippen molar-refractivity contribution in [3.63, 3.8) is 0 Å². The lowest BCUT2D eigenvalue weighted by molar-refractivity contribution is 0.114. The predicted molar refractivity (Wildman–Crippen MR) is 112 cm³/mol. The third kappa shape index (κ3) is 6.97. The lowest BCUT2D eigenvalue weighted by atomic mass is 10.1. The van der Waals surface area contributed by atoms with Gasteiger partial charge < -0.3 is 15.0 Å². The zero-order valence-corrected chi connectivity index (χ0v) is 17.6. The largest absolute Gasteiger partial charge is 0.381 e. The van der Waals surface area contributed by atoms with Crippen LogP contribution in [0.4, 0.5) is 0 Å². The van der Waals surface area contributed by atoms with Crippen LogP contribution in [-0.4, -0.2) is 50.3 Å². The molecule has 24 heavy (non-hydrogen) atoms. The molecule has 0 spiro atoms. The number of hydrogen-bond donors (Lipinski definition) is 1. The van der Waals surface area contributed by atoms with E-state index in [-0.39, 0.29) is 24.0 Å². The van der Waals surface area contributed by atoms with Crippen LogP contribution >= 0.6 is 24.0 Å². The molecule has 1 aliphatic rings. The van der Waals surface area contributed by atoms with Crippen LogP contribution in [-0.2, 0) is 11.2 Å². The molecule has 0 saturated carbocycles. The van der Waals surface area contributed by atoms with Crippen molar-refractivity contribution in [2.24, 2.45) is 10.9 Å². The topological polar surface area (TPSA) is 36.9 Å². The van der Waals surface area contributed by atoms with E-state index in [1.165, 1.54) is 17.5 Å². The number of benzene rings is 1. The Morgan fingerprint density at radius 1 is 1.29 bits per heavy atom. The molecule has 0 aromatic heterocycles. The zero-order valence-electron chi connectivity index (χ0n) is 15.3. The van der Waals surface area contributed by atoms with Gasteiger partial charge in [-0.05, 0) is 39.2 Å². The first kappa shape index (κ1) is 21.2. The Hall–Kier alpha value is -0.820. The third-order valence-corrected chi connectivity index (χ3v) is 4.26. The van der Waals surface area contributed by atoms with Gasteiger partial charge in [0, 0.05) is 38.7 Å². The van der Waals surface area contributed by atoms with Crippen LogP contribution in [0.2, 0.25) is 0 Å². The third-order valence-electron chi connectivity index (χ3n) is 4.26. The van der Waals surface area contributed by atoms with Gasteiger partial charge in [0.1, 0.15) is 0 Å². The molecular weight excluding hydrogens is 413 g/mol. The fourth-order valence-electron chi connectivity index (χ4n) is 2.92. The number of halogens is 1. The van der Waals surface area contributed by atoms with Gasteiger partial charge in [-0.3, -0.25) is 4.99 Å². The first-order valence-electron chi connectivity index (χ1n) is 8.89. The van der Waals surface area contributed by atoms with E-state index in [1.807, 2.05) is 0 Å². The number of ether oxygens (including phenoxy) is 1. The smallest absolute Gasteiger partial charge is 0.193 e. The standard InChI is InChI=1S/C19H31N3O.HI/c1-4-20-19(22-13-11-18(14-22)15-23-5-2)21-12-10-17-8-6-16(3)7-9-17;/h6-9,18H,4-5,10-15H2,1-3H3,(H,20,21);1H. The molecule has 0 radical (unpaired) electrons. The summed E-state index contributed by atoms with van der Waals surface area (Å²) in [5.41, 5.74) is 2.66. The minimum Gasteiger partial charge on any atom is -0.381 e. The average molecular weight is 445 g/mol. The molecule has 1 fully saturated rings. The molecule has 5 heteroatoms. The van der Waals surface area contributed by atoms with E-state index in [1.54, 1.807) is 0 Å². The van der Waals surface area contributed by atoms with Gasteiger partial charge in [-0.15, -0.1) is 24.0 Å². The highest BCUT2D eigenvalue weighted by Gasteiger charge is 2.24. The van der Waals surface area contributed by atoms with Crippen molar-refractivity contribution in [1.82, 2.24) is 10.2 Å². The molecule has 1 N–H and O–H groups in total. The second-order valence-corrected chi connectivity index (χ2v) is 6.23. The maximum Gasteiger partial charge on any atom is 0.193 e. The van der Waals surface area contributed by atoms with E-state index in [0.717, 1.165) is 51.8 Å². The number of aliphatic imine (C=N–C) groups is 1. The number of likely N-dealkylation sites (tertiary alicyclic amines) is 1. The van der Waals surface area contributed by atoms with Crippen molar-refractivity contribution >= 4 is 29.9 Å². The van der Waals surface area contributed by atoms with Gasteiger partial charge >= 0.3 is 0 Å². The molecule has 1 heterocycles. The number of nitrogens with one attached hydrogen (secondary N) is 1. The first-order chi connectivity index (χ1) is 11.2. The summed E-state index contributed by atoms with van der Waals surface area (Å²) in [7, 11) is 0. The molecular formula is C19H32IN3O. The molecule has 1 aromatic carbocycles. The monoisotopic (exact) mass is 445 g/mol. The molecule has 0 aliphatic carbocycles. The number of rotatable bonds is 7. The fraction of sp³-hybridized carbons (Fsp3) is 0.632. The Morgan fingerprint density at radius 3 is 2.71 bits per heavy atom. The van der Waals surface area contributed by atoms with Crippen LogP contribution in [0.3, 0.4) is 0 Å². The van der Waals surface area contributed by atoms with Gasteiger partial charge in [-0.2, -0.15) is 0 Å². The van der Waals surface area contributed by atoms with Crippen molar-refractivity contribution in [1.29, 1.82) is 0 Å². The molecule has 1 atom stereocenters. The molecule has 1 saturated heterocycles. The van der Waals surface area contributed by atoms with Gasteiger partial charge in [-0.1, -0.05) is 29.8 Å². The molecule has 0 amide bonds. The Labute approximate surface area is 164 Å². The quantitative estimate of drug-likeness (QED) is 0.397. The van der Waals surface area contributed by atoms with Crippen LogP contribution in [0.15, 0.2) is 29.3 Å². The highest BCUT2D eigenvalue weighted by atomic mass is 127. The second-order valence-electron chi connectivity index (χ2n) is 6.23. The molecule has 1 unspecified atom stereocenters. The van der Waals surface area contributed by atoms with Gasteiger partial charge in [0.15, 0.2) is 5.96 Å². The highest BCUT2D eigenvalue weighted by molar-refractivity contribution is 14.0. The Morgan fingerprint density at radius 2 is 2.04 bits per heavy atom. The normalized spacial score (nSPS) is 17.7. The molecule has 4 nitrogen and oxygen atoms in total. The van der Waals surface area contributed by atoms with Crippen LogP contribution in [0.1, 0.15) is 31.4 Å². The number of guanidine groups is 1. The van der Waals surface area contributed by atoms with E-state index >= 15 is 0 Å². The lowest BCUT2D eigenvalue weighted by Crippen LogP contribution is -2.40. The summed E-state index contributed by atoms with van der Waals surface area (Å²) in [5.74, 6) is 1.69. The predicted octanol–water partition coefficient (Wildman–Crippen LogP) is 3.48. The SMILES string of the molecule is CCNC(=NCCc1ccc(C)cc1)N1CCC(COCC)C1.I. The van der Waals surface area contributed by atoms with Crippen molar-refractivity contribution < 1.29 is 4.74 Å². The van der Waals surface area contributed by atoms with Crippen LogP contribution < -0.4 is 5.32 Å². The van der Waals surface area contributed by atoms with E-state index in [0.29, 0.717) is 5.92 Å². The molecule has 2 rings (SSSR count). The second kappa shape index (κ2) is 11.7. The summed E-state index contributed by atoms with van der Waals surface area (Å²) in [6.07, 6.45) is 2.19. The summed E-state index contributed by atoms with van der Waals surface area (Å²) in [4.78, 5) is 7.20. The molecule has 136 valence electrons. The number of hydrogen-bond acceptors (Lipinski definition) is 2. The highest BCUT2D eigenvalue weighted by Crippen LogP contribution is 2.16. The van der Waals surface area contributed by atoms with E-state index in [2.05, 4.69) is 55.3 Å². The van der Waals surface area contributed by atoms with Crippen molar-refractivity contribution in [2.45, 2.75) is 33.6 Å². The molecule has 0 bridgehead atoms.